The van der Waals surface area contributed by atoms with E-state index < -0.39 is 29.6 Å². The maximum absolute atomic E-state index is 13.7. The number of nitrogens with one attached hydrogen (secondary N) is 1. The first kappa shape index (κ1) is 33.7. The van der Waals surface area contributed by atoms with Crippen LogP contribution in [0, 0.1) is 11.6 Å². The predicted octanol–water partition coefficient (Wildman–Crippen LogP) is 7.20. The molecular weight excluding hydrogens is 624 g/mol. The normalized spacial score (nSPS) is 15.8. The quantitative estimate of drug-likeness (QED) is 0.159. The first-order chi connectivity index (χ1) is 21.7. The monoisotopic (exact) mass is 655 g/mol. The molecule has 2 heterocycles. The number of aromatic nitrogens is 2. The summed E-state index contributed by atoms with van der Waals surface area (Å²) < 4.78 is 37.8. The Balaban J connectivity index is 0.000000215. The first-order valence-electron chi connectivity index (χ1n) is 13.8. The van der Waals surface area contributed by atoms with Gasteiger partial charge in [0.15, 0.2) is 0 Å². The SMILES string of the molecule is CSc1cccc(Oc2ncc(F)cc2C(=O)N[C@H]2CCCC[C@H]2O)c1.CSc1cccc(Oc2ncc(F)cc2C(=O)O)c1. The number of ether oxygens (including phenoxy) is 2. The summed E-state index contributed by atoms with van der Waals surface area (Å²) in [4.78, 5) is 33.2. The molecule has 1 aliphatic carbocycles. The van der Waals surface area contributed by atoms with Gasteiger partial charge in [-0.25, -0.2) is 23.5 Å². The van der Waals surface area contributed by atoms with Gasteiger partial charge >= 0.3 is 5.97 Å². The molecule has 2 atom stereocenters. The van der Waals surface area contributed by atoms with E-state index in [2.05, 4.69) is 15.3 Å². The fourth-order valence-corrected chi connectivity index (χ4v) is 5.31. The van der Waals surface area contributed by atoms with Crippen molar-refractivity contribution in [2.45, 2.75) is 47.6 Å². The molecular formula is C32H31F2N3O6S2. The molecule has 2 aromatic carbocycles. The van der Waals surface area contributed by atoms with E-state index in [1.807, 2.05) is 36.8 Å². The Morgan fingerprint density at radius 3 is 1.84 bits per heavy atom. The van der Waals surface area contributed by atoms with Crippen LogP contribution in [0.5, 0.6) is 23.3 Å². The number of halogens is 2. The van der Waals surface area contributed by atoms with Crippen LogP contribution in [0.15, 0.2) is 82.8 Å². The summed E-state index contributed by atoms with van der Waals surface area (Å²) in [7, 11) is 0. The molecule has 9 nitrogen and oxygen atoms in total. The number of pyridine rings is 2. The number of hydrogen-bond donors (Lipinski definition) is 3. The molecule has 1 aliphatic rings. The Hall–Kier alpha value is -4.20. The van der Waals surface area contributed by atoms with Crippen molar-refractivity contribution in [3.05, 3.63) is 95.8 Å². The molecule has 0 bridgehead atoms. The van der Waals surface area contributed by atoms with Gasteiger partial charge in [-0.3, -0.25) is 4.79 Å². The van der Waals surface area contributed by atoms with Gasteiger partial charge in [-0.15, -0.1) is 23.5 Å². The van der Waals surface area contributed by atoms with Crippen molar-refractivity contribution < 1.29 is 38.1 Å². The van der Waals surface area contributed by atoms with Gasteiger partial charge < -0.3 is 25.0 Å². The van der Waals surface area contributed by atoms with Gasteiger partial charge in [-0.2, -0.15) is 0 Å². The van der Waals surface area contributed by atoms with E-state index in [1.165, 1.54) is 11.8 Å². The summed E-state index contributed by atoms with van der Waals surface area (Å²) in [5.74, 6) is -2.26. The standard InChI is InChI=1S/C19H21FN2O3S.C13H10FNO3S/c1-26-14-6-4-5-13(10-14)25-19-15(9-12(20)11-21-19)18(24)22-16-7-2-3-8-17(16)23;1-19-10-4-2-3-9(6-10)18-12-11(13(16)17)5-8(14)7-15-12/h4-6,9-11,16-17,23H,2-3,7-8H2,1H3,(H,22,24);2-7H,1H3,(H,16,17)/t16-,17+;/m0./s1. The van der Waals surface area contributed by atoms with Crippen LogP contribution in [0.2, 0.25) is 0 Å². The Labute approximate surface area is 267 Å². The fourth-order valence-electron chi connectivity index (χ4n) is 4.41. The maximum atomic E-state index is 13.7. The van der Waals surface area contributed by atoms with Crippen LogP contribution < -0.4 is 14.8 Å². The van der Waals surface area contributed by atoms with Crippen LogP contribution in [0.1, 0.15) is 46.4 Å². The highest BCUT2D eigenvalue weighted by atomic mass is 32.2. The molecule has 1 amide bonds. The summed E-state index contributed by atoms with van der Waals surface area (Å²) >= 11 is 3.09. The third-order valence-electron chi connectivity index (χ3n) is 6.67. The van der Waals surface area contributed by atoms with Gasteiger partial charge in [-0.1, -0.05) is 25.0 Å². The lowest BCUT2D eigenvalue weighted by Crippen LogP contribution is -2.45. The molecule has 4 aromatic rings. The van der Waals surface area contributed by atoms with Crippen LogP contribution in [-0.2, 0) is 0 Å². The average molecular weight is 656 g/mol. The number of carbonyl (C=O) groups is 2. The molecule has 5 rings (SSSR count). The highest BCUT2D eigenvalue weighted by Gasteiger charge is 2.26. The summed E-state index contributed by atoms with van der Waals surface area (Å²) in [6, 6.07) is 16.1. The zero-order valence-corrected chi connectivity index (χ0v) is 26.0. The van der Waals surface area contributed by atoms with E-state index in [4.69, 9.17) is 14.6 Å². The van der Waals surface area contributed by atoms with Gasteiger partial charge in [0.2, 0.25) is 11.8 Å². The second-order valence-electron chi connectivity index (χ2n) is 9.81. The molecule has 0 spiro atoms. The number of rotatable bonds is 9. The average Bonchev–Trinajstić information content (AvgIpc) is 3.04. The number of nitrogens with zero attached hydrogens (tertiary/aromatic N) is 2. The number of carboxylic acid groups (broad SMARTS) is 1. The maximum Gasteiger partial charge on any atom is 0.341 e. The smallest absolute Gasteiger partial charge is 0.341 e. The lowest BCUT2D eigenvalue weighted by atomic mass is 9.92. The van der Waals surface area contributed by atoms with Gasteiger partial charge in [0.1, 0.15) is 34.3 Å². The van der Waals surface area contributed by atoms with Gasteiger partial charge in [0, 0.05) is 9.79 Å². The minimum absolute atomic E-state index is 0.0114. The minimum atomic E-state index is -1.29. The van der Waals surface area contributed by atoms with E-state index in [-0.39, 0.29) is 28.9 Å². The van der Waals surface area contributed by atoms with E-state index >= 15 is 0 Å². The number of carboxylic acids is 1. The van der Waals surface area contributed by atoms with Crippen molar-refractivity contribution in [2.24, 2.45) is 0 Å². The second kappa shape index (κ2) is 16.2. The molecule has 0 aliphatic heterocycles. The number of carbonyl (C=O) groups excluding carboxylic acids is 1. The zero-order chi connectivity index (χ0) is 32.3. The molecule has 0 saturated heterocycles. The highest BCUT2D eigenvalue weighted by Crippen LogP contribution is 2.29. The van der Waals surface area contributed by atoms with E-state index in [0.29, 0.717) is 24.3 Å². The Bertz CT molecular complexity index is 1640. The summed E-state index contributed by atoms with van der Waals surface area (Å²) in [6.07, 6.45) is 8.43. The van der Waals surface area contributed by atoms with E-state index in [9.17, 15) is 23.5 Å². The molecule has 1 saturated carbocycles. The van der Waals surface area contributed by atoms with Crippen molar-refractivity contribution in [3.63, 3.8) is 0 Å². The Morgan fingerprint density at radius 2 is 1.33 bits per heavy atom. The molecule has 1 fully saturated rings. The number of amides is 1. The molecule has 13 heteroatoms. The number of benzene rings is 2. The largest absolute Gasteiger partial charge is 0.477 e. The van der Waals surface area contributed by atoms with Crippen molar-refractivity contribution in [2.75, 3.05) is 12.5 Å². The van der Waals surface area contributed by atoms with Crippen molar-refractivity contribution in [1.82, 2.24) is 15.3 Å². The third kappa shape index (κ3) is 9.64. The number of aromatic carboxylic acids is 1. The highest BCUT2D eigenvalue weighted by molar-refractivity contribution is 7.98. The van der Waals surface area contributed by atoms with Crippen LogP contribution >= 0.6 is 23.5 Å². The fraction of sp³-hybridized carbons (Fsp3) is 0.250. The number of aliphatic hydroxyl groups excluding tert-OH is 1. The van der Waals surface area contributed by atoms with Gasteiger partial charge in [0.05, 0.1) is 24.5 Å². The number of hydrogen-bond acceptors (Lipinski definition) is 9. The van der Waals surface area contributed by atoms with Crippen molar-refractivity contribution in [3.8, 4) is 23.3 Å². The lowest BCUT2D eigenvalue weighted by molar-refractivity contribution is 0.0691. The minimum Gasteiger partial charge on any atom is -0.477 e. The Kier molecular flexibility index (Phi) is 12.1. The molecule has 2 aromatic heterocycles. The summed E-state index contributed by atoms with van der Waals surface area (Å²) in [6.45, 7) is 0. The zero-order valence-electron chi connectivity index (χ0n) is 24.4. The molecule has 3 N–H and O–H groups in total. The van der Waals surface area contributed by atoms with Crippen molar-refractivity contribution >= 4 is 35.4 Å². The van der Waals surface area contributed by atoms with E-state index in [0.717, 1.165) is 47.2 Å². The summed E-state index contributed by atoms with van der Waals surface area (Å²) in [5, 5.41) is 21.8. The third-order valence-corrected chi connectivity index (χ3v) is 8.12. The first-order valence-corrected chi connectivity index (χ1v) is 16.3. The van der Waals surface area contributed by atoms with Crippen LogP contribution in [0.25, 0.3) is 0 Å². The van der Waals surface area contributed by atoms with Crippen LogP contribution in [-0.4, -0.2) is 56.7 Å². The molecule has 45 heavy (non-hydrogen) atoms. The van der Waals surface area contributed by atoms with Crippen LogP contribution in [0.3, 0.4) is 0 Å². The number of thioether (sulfide) groups is 2. The second-order valence-corrected chi connectivity index (χ2v) is 11.6. The molecule has 0 radical (unpaired) electrons. The molecule has 236 valence electrons. The van der Waals surface area contributed by atoms with Gasteiger partial charge in [-0.05, 0) is 73.9 Å². The topological polar surface area (TPSA) is 131 Å². The molecule has 0 unspecified atom stereocenters. The predicted molar refractivity (Wildman–Crippen MR) is 168 cm³/mol. The van der Waals surface area contributed by atoms with Crippen molar-refractivity contribution in [1.29, 1.82) is 0 Å². The lowest BCUT2D eigenvalue weighted by Gasteiger charge is -2.28. The Morgan fingerprint density at radius 1 is 0.822 bits per heavy atom. The number of aliphatic hydroxyl groups is 1. The summed E-state index contributed by atoms with van der Waals surface area (Å²) in [5.41, 5.74) is -0.299. The van der Waals surface area contributed by atoms with Crippen LogP contribution in [0.4, 0.5) is 8.78 Å². The van der Waals surface area contributed by atoms with E-state index in [1.54, 1.807) is 36.0 Å². The van der Waals surface area contributed by atoms with Gasteiger partial charge in [0.25, 0.3) is 5.91 Å².